The van der Waals surface area contributed by atoms with Gasteiger partial charge in [-0.3, -0.25) is 0 Å². The van der Waals surface area contributed by atoms with Crippen LogP contribution in [0.1, 0.15) is 5.69 Å². The lowest BCUT2D eigenvalue weighted by Gasteiger charge is -1.87. The highest BCUT2D eigenvalue weighted by molar-refractivity contribution is 7.07. The van der Waals surface area contributed by atoms with Gasteiger partial charge in [0.05, 0.1) is 17.7 Å². The van der Waals surface area contributed by atoms with Gasteiger partial charge in [-0.2, -0.15) is 5.26 Å². The van der Waals surface area contributed by atoms with Crippen LogP contribution < -0.4 is 5.32 Å². The minimum Gasteiger partial charge on any atom is -0.318 e. The third-order valence-electron chi connectivity index (χ3n) is 0.832. The first kappa shape index (κ1) is 6.05. The predicted molar refractivity (Wildman–Crippen MR) is 34.6 cm³/mol. The monoisotopic (exact) mass is 139 g/mol. The van der Waals surface area contributed by atoms with Gasteiger partial charge in [0.25, 0.3) is 0 Å². The summed E-state index contributed by atoms with van der Waals surface area (Å²) in [5, 5.41) is 12.5. The van der Waals surface area contributed by atoms with E-state index in [0.29, 0.717) is 6.54 Å². The molecule has 0 aliphatic carbocycles. The van der Waals surface area contributed by atoms with E-state index in [4.69, 9.17) is 5.26 Å². The van der Waals surface area contributed by atoms with Crippen molar-refractivity contribution in [3.63, 3.8) is 0 Å². The molecule has 0 bridgehead atoms. The predicted octanol–water partition coefficient (Wildman–Crippen LogP) is 0.714. The maximum atomic E-state index is 8.08. The Kier molecular flexibility index (Phi) is 2.05. The molecule has 0 amide bonds. The third-order valence-corrected chi connectivity index (χ3v) is 1.47. The van der Waals surface area contributed by atoms with Gasteiger partial charge in [0, 0.05) is 5.38 Å². The van der Waals surface area contributed by atoms with Crippen molar-refractivity contribution in [3.8, 4) is 6.19 Å². The quantitative estimate of drug-likeness (QED) is 0.485. The molecule has 0 fully saturated rings. The van der Waals surface area contributed by atoms with Crippen LogP contribution in [0.2, 0.25) is 0 Å². The number of nitriles is 1. The van der Waals surface area contributed by atoms with Crippen molar-refractivity contribution in [1.82, 2.24) is 10.3 Å². The Morgan fingerprint density at radius 3 is 3.33 bits per heavy atom. The standard InChI is InChI=1S/C5H5N3S/c6-3-7-1-5-2-9-4-8-5/h2,4,7H,1H2. The normalized spacial score (nSPS) is 8.33. The van der Waals surface area contributed by atoms with Crippen molar-refractivity contribution in [1.29, 1.82) is 5.26 Å². The zero-order valence-corrected chi connectivity index (χ0v) is 5.48. The summed E-state index contributed by atoms with van der Waals surface area (Å²) >= 11 is 1.53. The summed E-state index contributed by atoms with van der Waals surface area (Å²) in [6.07, 6.45) is 1.82. The van der Waals surface area contributed by atoms with Gasteiger partial charge in [-0.05, 0) is 0 Å². The zero-order valence-electron chi connectivity index (χ0n) is 4.66. The van der Waals surface area contributed by atoms with Gasteiger partial charge < -0.3 is 5.32 Å². The van der Waals surface area contributed by atoms with Crippen molar-refractivity contribution in [2.45, 2.75) is 6.54 Å². The SMILES string of the molecule is N#CNCc1cscn1. The number of hydrogen-bond donors (Lipinski definition) is 1. The van der Waals surface area contributed by atoms with Gasteiger partial charge in [-0.15, -0.1) is 11.3 Å². The molecule has 0 spiro atoms. The van der Waals surface area contributed by atoms with E-state index in [2.05, 4.69) is 10.3 Å². The Hall–Kier alpha value is -1.08. The smallest absolute Gasteiger partial charge is 0.176 e. The largest absolute Gasteiger partial charge is 0.318 e. The van der Waals surface area contributed by atoms with Crippen LogP contribution in [0.5, 0.6) is 0 Å². The second-order valence-electron chi connectivity index (χ2n) is 1.45. The van der Waals surface area contributed by atoms with Gasteiger partial charge >= 0.3 is 0 Å². The fourth-order valence-corrected chi connectivity index (χ4v) is 1.01. The van der Waals surface area contributed by atoms with E-state index < -0.39 is 0 Å². The molecular formula is C5H5N3S. The van der Waals surface area contributed by atoms with Crippen LogP contribution >= 0.6 is 11.3 Å². The molecule has 0 radical (unpaired) electrons. The summed E-state index contributed by atoms with van der Waals surface area (Å²) < 4.78 is 0. The Morgan fingerprint density at radius 1 is 1.89 bits per heavy atom. The second kappa shape index (κ2) is 3.05. The zero-order chi connectivity index (χ0) is 6.53. The number of aromatic nitrogens is 1. The first-order chi connectivity index (χ1) is 4.43. The Bertz CT molecular complexity index is 198. The third kappa shape index (κ3) is 1.70. The highest BCUT2D eigenvalue weighted by atomic mass is 32.1. The van der Waals surface area contributed by atoms with E-state index in [-0.39, 0.29) is 0 Å². The summed E-state index contributed by atoms with van der Waals surface area (Å²) in [6.45, 7) is 0.542. The minimum atomic E-state index is 0.542. The van der Waals surface area contributed by atoms with E-state index in [0.717, 1.165) is 5.69 Å². The van der Waals surface area contributed by atoms with Gasteiger partial charge in [0.15, 0.2) is 6.19 Å². The van der Waals surface area contributed by atoms with Crippen molar-refractivity contribution in [3.05, 3.63) is 16.6 Å². The topological polar surface area (TPSA) is 48.7 Å². The first-order valence-electron chi connectivity index (χ1n) is 2.42. The van der Waals surface area contributed by atoms with Gasteiger partial charge in [0.2, 0.25) is 0 Å². The van der Waals surface area contributed by atoms with Crippen molar-refractivity contribution < 1.29 is 0 Å². The van der Waals surface area contributed by atoms with Crippen LogP contribution in [0.25, 0.3) is 0 Å². The second-order valence-corrected chi connectivity index (χ2v) is 2.16. The molecule has 0 unspecified atom stereocenters. The molecule has 46 valence electrons. The number of rotatable bonds is 2. The van der Waals surface area contributed by atoms with E-state index in [9.17, 15) is 0 Å². The molecule has 1 rings (SSSR count). The molecule has 0 aliphatic heterocycles. The number of nitrogens with one attached hydrogen (secondary N) is 1. The highest BCUT2D eigenvalue weighted by Gasteiger charge is 1.89. The average Bonchev–Trinajstić information content (AvgIpc) is 2.34. The lowest BCUT2D eigenvalue weighted by Crippen LogP contribution is -2.03. The number of thiazole rings is 1. The maximum Gasteiger partial charge on any atom is 0.176 e. The van der Waals surface area contributed by atoms with Crippen molar-refractivity contribution in [2.24, 2.45) is 0 Å². The molecule has 0 aliphatic rings. The molecule has 1 aromatic rings. The number of nitrogens with zero attached hydrogens (tertiary/aromatic N) is 2. The van der Waals surface area contributed by atoms with E-state index in [1.165, 1.54) is 11.3 Å². The van der Waals surface area contributed by atoms with Gasteiger partial charge in [-0.25, -0.2) is 4.98 Å². The molecule has 9 heavy (non-hydrogen) atoms. The average molecular weight is 139 g/mol. The lowest BCUT2D eigenvalue weighted by atomic mass is 10.5. The molecular weight excluding hydrogens is 134 g/mol. The first-order valence-corrected chi connectivity index (χ1v) is 3.37. The van der Waals surface area contributed by atoms with Gasteiger partial charge in [-0.1, -0.05) is 0 Å². The van der Waals surface area contributed by atoms with E-state index in [1.807, 2.05) is 11.6 Å². The van der Waals surface area contributed by atoms with Crippen molar-refractivity contribution in [2.75, 3.05) is 0 Å². The van der Waals surface area contributed by atoms with Crippen molar-refractivity contribution >= 4 is 11.3 Å². The van der Waals surface area contributed by atoms with Crippen LogP contribution in [0.15, 0.2) is 10.9 Å². The molecule has 1 aromatic heterocycles. The Balaban J connectivity index is 2.41. The fourth-order valence-electron chi connectivity index (χ4n) is 0.455. The van der Waals surface area contributed by atoms with Gasteiger partial charge in [0.1, 0.15) is 0 Å². The van der Waals surface area contributed by atoms with Crippen LogP contribution in [0.3, 0.4) is 0 Å². The molecule has 0 saturated carbocycles. The molecule has 1 heterocycles. The summed E-state index contributed by atoms with van der Waals surface area (Å²) in [6, 6.07) is 0. The maximum absolute atomic E-state index is 8.08. The van der Waals surface area contributed by atoms with E-state index in [1.54, 1.807) is 5.51 Å². The summed E-state index contributed by atoms with van der Waals surface area (Å²) in [7, 11) is 0. The fraction of sp³-hybridized carbons (Fsp3) is 0.200. The molecule has 1 N–H and O–H groups in total. The van der Waals surface area contributed by atoms with E-state index >= 15 is 0 Å². The lowest BCUT2D eigenvalue weighted by molar-refractivity contribution is 0.857. The van der Waals surface area contributed by atoms with Crippen LogP contribution in [0, 0.1) is 11.5 Å². The molecule has 0 atom stereocenters. The molecule has 3 nitrogen and oxygen atoms in total. The van der Waals surface area contributed by atoms with Crippen LogP contribution in [0.4, 0.5) is 0 Å². The summed E-state index contributed by atoms with van der Waals surface area (Å²) in [4.78, 5) is 3.96. The van der Waals surface area contributed by atoms with Crippen LogP contribution in [-0.4, -0.2) is 4.98 Å². The number of hydrogen-bond acceptors (Lipinski definition) is 4. The Morgan fingerprint density at radius 2 is 2.78 bits per heavy atom. The molecule has 4 heteroatoms. The highest BCUT2D eigenvalue weighted by Crippen LogP contribution is 1.98. The summed E-state index contributed by atoms with van der Waals surface area (Å²) in [5.74, 6) is 0. The van der Waals surface area contributed by atoms with Crippen LogP contribution in [-0.2, 0) is 6.54 Å². The molecule has 0 aromatic carbocycles. The summed E-state index contributed by atoms with van der Waals surface area (Å²) in [5.41, 5.74) is 2.66. The molecule has 0 saturated heterocycles. The Labute approximate surface area is 57.0 Å². The minimum absolute atomic E-state index is 0.542.